The molecule has 1 atom stereocenters. The first kappa shape index (κ1) is 22.7. The average molecular weight is 428 g/mol. The molecule has 0 bridgehead atoms. The highest BCUT2D eigenvalue weighted by molar-refractivity contribution is 7.92. The number of sulfonamides is 1. The fraction of sp³-hybridized carbons (Fsp3) is 0.350. The maximum Gasteiger partial charge on any atom is 0.416 e. The SMILES string of the molecule is CC[C@H](C(=O)Nc1ccc(C(F)(F)F)cc1)N(c1cc(C)ccc1C)S(C)(=O)=O. The fourth-order valence-corrected chi connectivity index (χ4v) is 4.22. The number of hydrogen-bond donors (Lipinski definition) is 1. The van der Waals surface area contributed by atoms with Crippen molar-refractivity contribution in [1.82, 2.24) is 0 Å². The van der Waals surface area contributed by atoms with Crippen LogP contribution < -0.4 is 9.62 Å². The number of carbonyl (C=O) groups is 1. The van der Waals surface area contributed by atoms with Gasteiger partial charge in [0.2, 0.25) is 15.9 Å². The third-order valence-corrected chi connectivity index (χ3v) is 5.58. The summed E-state index contributed by atoms with van der Waals surface area (Å²) in [6, 6.07) is 8.21. The van der Waals surface area contributed by atoms with Gasteiger partial charge >= 0.3 is 6.18 Å². The van der Waals surface area contributed by atoms with Crippen LogP contribution in [-0.4, -0.2) is 26.6 Å². The van der Waals surface area contributed by atoms with Crippen molar-refractivity contribution in [3.63, 3.8) is 0 Å². The van der Waals surface area contributed by atoms with Crippen molar-refractivity contribution in [2.45, 2.75) is 39.4 Å². The zero-order valence-electron chi connectivity index (χ0n) is 16.5. The molecule has 2 aromatic rings. The number of carbonyl (C=O) groups excluding carboxylic acids is 1. The molecule has 0 aliphatic heterocycles. The van der Waals surface area contributed by atoms with Crippen molar-refractivity contribution in [3.05, 3.63) is 59.2 Å². The number of amides is 1. The minimum Gasteiger partial charge on any atom is -0.324 e. The number of anilines is 2. The van der Waals surface area contributed by atoms with E-state index < -0.39 is 33.7 Å². The number of nitrogens with zero attached hydrogens (tertiary/aromatic N) is 1. The van der Waals surface area contributed by atoms with Gasteiger partial charge in [-0.3, -0.25) is 9.10 Å². The molecular weight excluding hydrogens is 405 g/mol. The Morgan fingerprint density at radius 1 is 1.10 bits per heavy atom. The predicted octanol–water partition coefficient (Wildman–Crippen LogP) is 4.51. The summed E-state index contributed by atoms with van der Waals surface area (Å²) in [4.78, 5) is 12.8. The van der Waals surface area contributed by atoms with E-state index in [1.54, 1.807) is 26.0 Å². The Labute approximate surface area is 168 Å². The van der Waals surface area contributed by atoms with Gasteiger partial charge in [-0.2, -0.15) is 13.2 Å². The van der Waals surface area contributed by atoms with E-state index in [0.717, 1.165) is 40.4 Å². The van der Waals surface area contributed by atoms with Crippen molar-refractivity contribution in [3.8, 4) is 0 Å². The van der Waals surface area contributed by atoms with Crippen molar-refractivity contribution in [2.24, 2.45) is 0 Å². The van der Waals surface area contributed by atoms with Gasteiger partial charge in [-0.15, -0.1) is 0 Å². The quantitative estimate of drug-likeness (QED) is 0.737. The maximum atomic E-state index is 12.8. The van der Waals surface area contributed by atoms with Crippen LogP contribution >= 0.6 is 0 Å². The standard InChI is InChI=1S/C20H23F3N2O3S/c1-5-17(19(26)24-16-10-8-15(9-11-16)20(21,22)23)25(29(4,27)28)18-12-13(2)6-7-14(18)3/h6-12,17H,5H2,1-4H3,(H,24,26)/t17-/m1/s1. The van der Waals surface area contributed by atoms with Crippen LogP contribution in [0.5, 0.6) is 0 Å². The molecule has 0 aliphatic carbocycles. The Hall–Kier alpha value is -2.55. The van der Waals surface area contributed by atoms with Crippen LogP contribution in [0.25, 0.3) is 0 Å². The monoisotopic (exact) mass is 428 g/mol. The van der Waals surface area contributed by atoms with Gasteiger partial charge in [0, 0.05) is 5.69 Å². The molecule has 2 aromatic carbocycles. The smallest absolute Gasteiger partial charge is 0.324 e. The Kier molecular flexibility index (Phi) is 6.62. The van der Waals surface area contributed by atoms with Gasteiger partial charge in [-0.1, -0.05) is 19.1 Å². The van der Waals surface area contributed by atoms with E-state index in [-0.39, 0.29) is 12.1 Å². The first-order valence-corrected chi connectivity index (χ1v) is 10.7. The van der Waals surface area contributed by atoms with E-state index in [1.807, 2.05) is 13.0 Å². The second-order valence-corrected chi connectivity index (χ2v) is 8.70. The van der Waals surface area contributed by atoms with Crippen molar-refractivity contribution >= 4 is 27.3 Å². The minimum atomic E-state index is -4.48. The van der Waals surface area contributed by atoms with Crippen LogP contribution in [-0.2, 0) is 21.0 Å². The van der Waals surface area contributed by atoms with E-state index in [2.05, 4.69) is 5.32 Å². The van der Waals surface area contributed by atoms with Crippen LogP contribution in [0.2, 0.25) is 0 Å². The van der Waals surface area contributed by atoms with Crippen LogP contribution in [0.1, 0.15) is 30.0 Å². The average Bonchev–Trinajstić information content (AvgIpc) is 2.60. The van der Waals surface area contributed by atoms with Gasteiger partial charge in [0.25, 0.3) is 0 Å². The largest absolute Gasteiger partial charge is 0.416 e. The molecule has 5 nitrogen and oxygen atoms in total. The maximum absolute atomic E-state index is 12.8. The Morgan fingerprint density at radius 3 is 2.17 bits per heavy atom. The van der Waals surface area contributed by atoms with E-state index in [1.165, 1.54) is 0 Å². The zero-order chi connectivity index (χ0) is 22.0. The highest BCUT2D eigenvalue weighted by Crippen LogP contribution is 2.31. The molecule has 9 heteroatoms. The van der Waals surface area contributed by atoms with Crippen molar-refractivity contribution < 1.29 is 26.4 Å². The Morgan fingerprint density at radius 2 is 1.69 bits per heavy atom. The van der Waals surface area contributed by atoms with E-state index in [9.17, 15) is 26.4 Å². The lowest BCUT2D eigenvalue weighted by atomic mass is 10.1. The summed E-state index contributed by atoms with van der Waals surface area (Å²) >= 11 is 0. The predicted molar refractivity (Wildman–Crippen MR) is 107 cm³/mol. The Balaban J connectivity index is 2.37. The molecule has 0 unspecified atom stereocenters. The Bertz CT molecular complexity index is 987. The van der Waals surface area contributed by atoms with E-state index in [0.29, 0.717) is 11.3 Å². The summed E-state index contributed by atoms with van der Waals surface area (Å²) in [6.45, 7) is 5.22. The first-order chi connectivity index (χ1) is 13.3. The van der Waals surface area contributed by atoms with Gasteiger partial charge in [-0.05, 0) is 61.7 Å². The van der Waals surface area contributed by atoms with Crippen LogP contribution in [0.15, 0.2) is 42.5 Å². The highest BCUT2D eigenvalue weighted by Gasteiger charge is 2.33. The summed E-state index contributed by atoms with van der Waals surface area (Å²) < 4.78 is 64.2. The lowest BCUT2D eigenvalue weighted by molar-refractivity contribution is -0.137. The molecule has 158 valence electrons. The lowest BCUT2D eigenvalue weighted by Crippen LogP contribution is -2.47. The number of rotatable bonds is 6. The molecule has 0 saturated carbocycles. The van der Waals surface area contributed by atoms with Crippen LogP contribution in [0, 0.1) is 13.8 Å². The van der Waals surface area contributed by atoms with E-state index >= 15 is 0 Å². The second-order valence-electron chi connectivity index (χ2n) is 6.84. The minimum absolute atomic E-state index is 0.149. The van der Waals surface area contributed by atoms with Gasteiger partial charge in [-0.25, -0.2) is 8.42 Å². The second kappa shape index (κ2) is 8.44. The third-order valence-electron chi connectivity index (χ3n) is 4.41. The number of nitrogens with one attached hydrogen (secondary N) is 1. The topological polar surface area (TPSA) is 66.5 Å². The number of alkyl halides is 3. The molecule has 1 N–H and O–H groups in total. The molecule has 0 fully saturated rings. The van der Waals surface area contributed by atoms with Crippen LogP contribution in [0.3, 0.4) is 0 Å². The summed E-state index contributed by atoms with van der Waals surface area (Å²) in [6.07, 6.45) is -3.29. The zero-order valence-corrected chi connectivity index (χ0v) is 17.4. The molecule has 0 radical (unpaired) electrons. The van der Waals surface area contributed by atoms with Crippen LogP contribution in [0.4, 0.5) is 24.5 Å². The summed E-state index contributed by atoms with van der Waals surface area (Å²) in [7, 11) is -3.81. The fourth-order valence-electron chi connectivity index (χ4n) is 2.96. The number of halogens is 3. The summed E-state index contributed by atoms with van der Waals surface area (Å²) in [5.74, 6) is -0.626. The summed E-state index contributed by atoms with van der Waals surface area (Å²) in [5.41, 5.74) is 1.22. The third kappa shape index (κ3) is 5.50. The number of benzene rings is 2. The molecule has 0 aromatic heterocycles. The highest BCUT2D eigenvalue weighted by atomic mass is 32.2. The van der Waals surface area contributed by atoms with Gasteiger partial charge in [0.15, 0.2) is 0 Å². The van der Waals surface area contributed by atoms with Gasteiger partial charge < -0.3 is 5.32 Å². The van der Waals surface area contributed by atoms with Crippen molar-refractivity contribution in [1.29, 1.82) is 0 Å². The number of hydrogen-bond acceptors (Lipinski definition) is 3. The summed E-state index contributed by atoms with van der Waals surface area (Å²) in [5, 5.41) is 2.52. The molecule has 0 saturated heterocycles. The van der Waals surface area contributed by atoms with Gasteiger partial charge in [0.05, 0.1) is 17.5 Å². The van der Waals surface area contributed by atoms with Crippen molar-refractivity contribution in [2.75, 3.05) is 15.9 Å². The van der Waals surface area contributed by atoms with Gasteiger partial charge in [0.1, 0.15) is 6.04 Å². The normalized spacial score (nSPS) is 13.1. The molecule has 0 spiro atoms. The van der Waals surface area contributed by atoms with E-state index in [4.69, 9.17) is 0 Å². The molecule has 29 heavy (non-hydrogen) atoms. The molecule has 1 amide bonds. The lowest BCUT2D eigenvalue weighted by Gasteiger charge is -2.31. The molecule has 0 heterocycles. The number of aryl methyl sites for hydroxylation is 2. The molecule has 2 rings (SSSR count). The first-order valence-electron chi connectivity index (χ1n) is 8.89. The molecule has 0 aliphatic rings. The molecular formula is C20H23F3N2O3S.